The van der Waals surface area contributed by atoms with E-state index in [0.29, 0.717) is 0 Å². The van der Waals surface area contributed by atoms with E-state index < -0.39 is 20.2 Å². The Labute approximate surface area is 49.1 Å². The highest BCUT2D eigenvalue weighted by Gasteiger charge is 2.12. The first-order valence-electron chi connectivity index (χ1n) is 1.62. The molecular formula is C2F2NO3P. The van der Waals surface area contributed by atoms with Crippen LogP contribution in [-0.2, 0) is 9.36 Å². The monoisotopic (exact) mass is 155 g/mol. The molecule has 0 N–H and O–H groups in total. The van der Waals surface area contributed by atoms with E-state index >= 15 is 0 Å². The molecule has 0 heterocycles. The van der Waals surface area contributed by atoms with Crippen molar-refractivity contribution in [1.29, 1.82) is 0 Å². The van der Waals surface area contributed by atoms with E-state index in [9.17, 15) is 23.0 Å². The lowest BCUT2D eigenvalue weighted by Gasteiger charge is -1.75. The highest BCUT2D eigenvalue weighted by molar-refractivity contribution is 7.35. The Morgan fingerprint density at radius 1 is 1.56 bits per heavy atom. The molecule has 0 fully saturated rings. The van der Waals surface area contributed by atoms with Gasteiger partial charge in [-0.05, 0) is 4.57 Å². The molecule has 0 aromatic rings. The van der Waals surface area contributed by atoms with Crippen molar-refractivity contribution in [2.24, 2.45) is 4.76 Å². The molecule has 0 amide bonds. The molecule has 0 saturated carbocycles. The van der Waals surface area contributed by atoms with Gasteiger partial charge in [0.2, 0.25) is 0 Å². The Morgan fingerprint density at radius 3 is 2.11 bits per heavy atom. The molecule has 7 heteroatoms. The maximum absolute atomic E-state index is 11.4. The van der Waals surface area contributed by atoms with E-state index in [1.165, 1.54) is 0 Å². The van der Waals surface area contributed by atoms with Crippen LogP contribution in [0.5, 0.6) is 0 Å². The molecule has 0 spiro atoms. The number of halogens is 2. The summed E-state index contributed by atoms with van der Waals surface area (Å²) in [7, 11) is -3.42. The topological polar surface area (TPSA) is 69.6 Å². The maximum Gasteiger partial charge on any atom is 0.466 e. The zero-order valence-corrected chi connectivity index (χ0v) is 4.77. The standard InChI is InChI=1S/C2F2NO3P/c3-1(2(4)6)5-9(7)8. The molecule has 50 valence electrons. The van der Waals surface area contributed by atoms with Gasteiger partial charge in [-0.15, -0.1) is 0 Å². The van der Waals surface area contributed by atoms with Crippen LogP contribution in [-0.4, -0.2) is 12.0 Å². The molecule has 0 radical (unpaired) electrons. The molecule has 9 heavy (non-hydrogen) atoms. The van der Waals surface area contributed by atoms with Crippen molar-refractivity contribution in [2.75, 3.05) is 0 Å². The average Bonchev–Trinajstić information content (AvgIpc) is 1.63. The van der Waals surface area contributed by atoms with Crippen LogP contribution in [0.25, 0.3) is 0 Å². The van der Waals surface area contributed by atoms with Gasteiger partial charge in [-0.1, -0.05) is 0 Å². The number of nitrogens with zero attached hydrogens (tertiary/aromatic N) is 1. The van der Waals surface area contributed by atoms with Gasteiger partial charge in [0.15, 0.2) is 0 Å². The smallest absolute Gasteiger partial charge is 0.466 e. The van der Waals surface area contributed by atoms with Gasteiger partial charge in [0.25, 0.3) is 0 Å². The van der Waals surface area contributed by atoms with Crippen LogP contribution in [0.1, 0.15) is 0 Å². The summed E-state index contributed by atoms with van der Waals surface area (Å²) in [5.74, 6) is -2.15. The number of hydrogen-bond donors (Lipinski definition) is 0. The van der Waals surface area contributed by atoms with Crippen molar-refractivity contribution in [1.82, 2.24) is 0 Å². The van der Waals surface area contributed by atoms with Crippen LogP contribution in [0.15, 0.2) is 4.76 Å². The third kappa shape index (κ3) is 3.81. The summed E-state index contributed by atoms with van der Waals surface area (Å²) in [5, 5.41) is 0. The van der Waals surface area contributed by atoms with Gasteiger partial charge in [-0.3, -0.25) is 4.79 Å². The van der Waals surface area contributed by atoms with Crippen LogP contribution in [0.2, 0.25) is 0 Å². The zero-order chi connectivity index (χ0) is 7.44. The van der Waals surface area contributed by atoms with Gasteiger partial charge in [0.05, 0.1) is 0 Å². The minimum atomic E-state index is -3.42. The summed E-state index contributed by atoms with van der Waals surface area (Å²) in [6.07, 6.45) is 0. The average molecular weight is 155 g/mol. The van der Waals surface area contributed by atoms with Crippen LogP contribution < -0.4 is 4.89 Å². The molecule has 0 bridgehead atoms. The molecule has 0 aliphatic heterocycles. The third-order valence-electron chi connectivity index (χ3n) is 0.332. The first-order valence-corrected chi connectivity index (χ1v) is 2.75. The second kappa shape index (κ2) is 3.32. The Morgan fingerprint density at radius 2 is 2.00 bits per heavy atom. The summed E-state index contributed by atoms with van der Waals surface area (Å²) in [4.78, 5) is 18.6. The second-order valence-electron chi connectivity index (χ2n) is 0.902. The summed E-state index contributed by atoms with van der Waals surface area (Å²) in [6, 6.07) is -2.49. The lowest BCUT2D eigenvalue weighted by atomic mass is 10.8. The van der Waals surface area contributed by atoms with Crippen LogP contribution in [0.4, 0.5) is 8.78 Å². The van der Waals surface area contributed by atoms with E-state index in [-0.39, 0.29) is 0 Å². The van der Waals surface area contributed by atoms with Gasteiger partial charge in [-0.2, -0.15) is 8.78 Å². The van der Waals surface area contributed by atoms with Crippen molar-refractivity contribution < 1.29 is 23.0 Å². The lowest BCUT2D eigenvalue weighted by Crippen LogP contribution is -2.00. The second-order valence-corrected chi connectivity index (χ2v) is 1.58. The summed E-state index contributed by atoms with van der Waals surface area (Å²) < 4.78 is 33.8. The van der Waals surface area contributed by atoms with Gasteiger partial charge in [0, 0.05) is 4.76 Å². The molecular weight excluding hydrogens is 155 g/mol. The number of hydrogen-bond acceptors (Lipinski definition) is 3. The highest BCUT2D eigenvalue weighted by Crippen LogP contribution is 2.09. The minimum absolute atomic E-state index is 1.96. The fourth-order valence-electron chi connectivity index (χ4n) is 0.111. The molecule has 0 aliphatic carbocycles. The Balaban J connectivity index is 4.17. The van der Waals surface area contributed by atoms with E-state index in [1.54, 1.807) is 0 Å². The van der Waals surface area contributed by atoms with E-state index in [4.69, 9.17) is 0 Å². The van der Waals surface area contributed by atoms with Gasteiger partial charge < -0.3 is 4.89 Å². The largest absolute Gasteiger partial charge is 0.571 e. The highest BCUT2D eigenvalue weighted by atomic mass is 31.1. The maximum atomic E-state index is 11.4. The van der Waals surface area contributed by atoms with Crippen LogP contribution >= 0.6 is 8.18 Å². The molecule has 0 aromatic heterocycles. The van der Waals surface area contributed by atoms with E-state index in [2.05, 4.69) is 0 Å². The molecule has 0 aliphatic rings. The van der Waals surface area contributed by atoms with Crippen LogP contribution in [0, 0.1) is 0 Å². The van der Waals surface area contributed by atoms with Gasteiger partial charge >= 0.3 is 20.2 Å². The SMILES string of the molecule is O=C(F)C(F)=N[P+](=O)[O-]. The predicted molar refractivity (Wildman–Crippen MR) is 22.3 cm³/mol. The minimum Gasteiger partial charge on any atom is -0.571 e. The fraction of sp³-hybridized carbons (Fsp3) is 0. The quantitative estimate of drug-likeness (QED) is 0.316. The summed E-state index contributed by atoms with van der Waals surface area (Å²) in [6.45, 7) is 0. The molecule has 1 atom stereocenters. The molecule has 1 unspecified atom stereocenters. The van der Waals surface area contributed by atoms with E-state index in [1.807, 2.05) is 4.76 Å². The Bertz CT molecular complexity index is 179. The Hall–Kier alpha value is -0.740. The van der Waals surface area contributed by atoms with Crippen LogP contribution in [0.3, 0.4) is 0 Å². The first kappa shape index (κ1) is 8.26. The van der Waals surface area contributed by atoms with Gasteiger partial charge in [0.1, 0.15) is 0 Å². The summed E-state index contributed by atoms with van der Waals surface area (Å²) >= 11 is 0. The normalized spacial score (nSPS) is 13.2. The number of carbonyl (C=O) groups excluding carboxylic acids is 1. The molecule has 0 saturated heterocycles. The molecule has 4 nitrogen and oxygen atoms in total. The van der Waals surface area contributed by atoms with Gasteiger partial charge in [-0.25, -0.2) is 0 Å². The first-order chi connectivity index (χ1) is 4.04. The van der Waals surface area contributed by atoms with E-state index in [0.717, 1.165) is 0 Å². The number of rotatable bonds is 2. The van der Waals surface area contributed by atoms with Crippen molar-refractivity contribution in [3.63, 3.8) is 0 Å². The van der Waals surface area contributed by atoms with Crippen molar-refractivity contribution in [3.8, 4) is 0 Å². The fourth-order valence-corrected chi connectivity index (χ4v) is 0.333. The summed E-state index contributed by atoms with van der Waals surface area (Å²) in [5.41, 5.74) is 0. The predicted octanol–water partition coefficient (Wildman–Crippen LogP) is -0.132. The van der Waals surface area contributed by atoms with Crippen molar-refractivity contribution in [3.05, 3.63) is 0 Å². The third-order valence-corrected chi connectivity index (χ3v) is 0.671. The van der Waals surface area contributed by atoms with Crippen molar-refractivity contribution in [2.45, 2.75) is 0 Å². The Kier molecular flexibility index (Phi) is 3.05. The van der Waals surface area contributed by atoms with Crippen molar-refractivity contribution >= 4 is 20.2 Å². The molecule has 0 aromatic carbocycles. The lowest BCUT2D eigenvalue weighted by molar-refractivity contribution is -0.164. The number of carbonyl (C=O) groups is 1. The molecule has 0 rings (SSSR count). The zero-order valence-electron chi connectivity index (χ0n) is 3.88.